The van der Waals surface area contributed by atoms with Gasteiger partial charge in [-0.15, -0.1) is 0 Å². The van der Waals surface area contributed by atoms with E-state index in [4.69, 9.17) is 4.74 Å². The summed E-state index contributed by atoms with van der Waals surface area (Å²) in [4.78, 5) is 22.0. The lowest BCUT2D eigenvalue weighted by molar-refractivity contribution is 0.306. The van der Waals surface area contributed by atoms with E-state index in [1.165, 1.54) is 6.07 Å². The average Bonchev–Trinajstić information content (AvgIpc) is 2.29. The molecule has 2 aromatic heterocycles. The monoisotopic (exact) mass is 231 g/mol. The highest BCUT2D eigenvalue weighted by Crippen LogP contribution is 2.03. The topological polar surface area (TPSA) is 67.9 Å². The van der Waals surface area contributed by atoms with Crippen LogP contribution < -0.4 is 10.3 Å². The fourth-order valence-corrected chi connectivity index (χ4v) is 1.43. The van der Waals surface area contributed by atoms with Gasteiger partial charge in [-0.3, -0.25) is 9.78 Å². The van der Waals surface area contributed by atoms with Crippen LogP contribution in [0.2, 0.25) is 0 Å². The molecule has 0 aliphatic rings. The fourth-order valence-electron chi connectivity index (χ4n) is 1.43. The van der Waals surface area contributed by atoms with Gasteiger partial charge in [-0.2, -0.15) is 0 Å². The van der Waals surface area contributed by atoms with Gasteiger partial charge in [0.2, 0.25) is 5.88 Å². The number of aromatic amines is 1. The molecule has 88 valence electrons. The highest BCUT2D eigenvalue weighted by molar-refractivity contribution is 5.09. The Bertz CT molecular complexity index is 537. The van der Waals surface area contributed by atoms with Gasteiger partial charge in [-0.25, -0.2) is 4.98 Å². The minimum Gasteiger partial charge on any atom is -0.477 e. The molecule has 0 aromatic carbocycles. The molecule has 2 aromatic rings. The van der Waals surface area contributed by atoms with Crippen LogP contribution in [0.1, 0.15) is 11.5 Å². The number of nitrogens with one attached hydrogen (secondary N) is 1. The van der Waals surface area contributed by atoms with Gasteiger partial charge in [0.25, 0.3) is 5.56 Å². The van der Waals surface area contributed by atoms with E-state index in [0.717, 1.165) is 5.69 Å². The van der Waals surface area contributed by atoms with E-state index in [-0.39, 0.29) is 5.56 Å². The number of ether oxygens (including phenoxy) is 1. The van der Waals surface area contributed by atoms with Crippen molar-refractivity contribution in [2.45, 2.75) is 13.3 Å². The second kappa shape index (κ2) is 5.25. The van der Waals surface area contributed by atoms with Crippen molar-refractivity contribution in [3.8, 4) is 5.88 Å². The summed E-state index contributed by atoms with van der Waals surface area (Å²) >= 11 is 0. The molecule has 2 rings (SSSR count). The number of aryl methyl sites for hydroxylation is 1. The van der Waals surface area contributed by atoms with Crippen LogP contribution in [0.3, 0.4) is 0 Å². The molecule has 1 N–H and O–H groups in total. The molecule has 0 radical (unpaired) electrons. The molecule has 0 atom stereocenters. The zero-order valence-corrected chi connectivity index (χ0v) is 9.51. The lowest BCUT2D eigenvalue weighted by Gasteiger charge is -2.04. The summed E-state index contributed by atoms with van der Waals surface area (Å²) in [5.41, 5.74) is 0.749. The third-order valence-corrected chi connectivity index (χ3v) is 2.17. The number of pyridine rings is 1. The number of hydrogen-bond donors (Lipinski definition) is 1. The van der Waals surface area contributed by atoms with Crippen molar-refractivity contribution in [1.29, 1.82) is 0 Å². The van der Waals surface area contributed by atoms with Crippen molar-refractivity contribution in [3.05, 3.63) is 52.3 Å². The standard InChI is InChI=1S/C12H13N3O2/c1-9-14-11(16)8-12(15-9)17-7-5-10-4-2-3-6-13-10/h2-4,6,8H,5,7H2,1H3,(H,14,15,16). The van der Waals surface area contributed by atoms with Crippen LogP contribution in [0.5, 0.6) is 5.88 Å². The van der Waals surface area contributed by atoms with Crippen LogP contribution >= 0.6 is 0 Å². The second-order valence-electron chi connectivity index (χ2n) is 3.59. The third kappa shape index (κ3) is 3.41. The van der Waals surface area contributed by atoms with Gasteiger partial charge in [-0.05, 0) is 19.1 Å². The molecule has 2 heterocycles. The minimum absolute atomic E-state index is 0.203. The average molecular weight is 231 g/mol. The van der Waals surface area contributed by atoms with Gasteiger partial charge < -0.3 is 9.72 Å². The minimum atomic E-state index is -0.203. The summed E-state index contributed by atoms with van der Waals surface area (Å²) < 4.78 is 5.40. The summed E-state index contributed by atoms with van der Waals surface area (Å²) in [5.74, 6) is 0.896. The molecule has 0 spiro atoms. The van der Waals surface area contributed by atoms with E-state index in [1.807, 2.05) is 18.2 Å². The quantitative estimate of drug-likeness (QED) is 0.855. The molecular weight excluding hydrogens is 218 g/mol. The lowest BCUT2D eigenvalue weighted by atomic mass is 10.3. The fraction of sp³-hybridized carbons (Fsp3) is 0.250. The van der Waals surface area contributed by atoms with Crippen LogP contribution in [0.15, 0.2) is 35.3 Å². The van der Waals surface area contributed by atoms with Crippen molar-refractivity contribution in [2.24, 2.45) is 0 Å². The summed E-state index contributed by atoms with van der Waals surface area (Å²) in [7, 11) is 0. The first-order valence-electron chi connectivity index (χ1n) is 5.35. The largest absolute Gasteiger partial charge is 0.477 e. The first-order valence-corrected chi connectivity index (χ1v) is 5.35. The zero-order chi connectivity index (χ0) is 12.1. The summed E-state index contributed by atoms with van der Waals surface area (Å²) in [6, 6.07) is 7.06. The normalized spacial score (nSPS) is 10.2. The molecule has 0 saturated carbocycles. The molecule has 0 amide bonds. The van der Waals surface area contributed by atoms with Gasteiger partial charge in [0.1, 0.15) is 5.82 Å². The lowest BCUT2D eigenvalue weighted by Crippen LogP contribution is -2.11. The van der Waals surface area contributed by atoms with Crippen molar-refractivity contribution in [3.63, 3.8) is 0 Å². The van der Waals surface area contributed by atoms with Gasteiger partial charge in [0.05, 0.1) is 12.7 Å². The maximum absolute atomic E-state index is 11.2. The molecule has 0 bridgehead atoms. The maximum Gasteiger partial charge on any atom is 0.254 e. The Hall–Kier alpha value is -2.17. The van der Waals surface area contributed by atoms with Crippen LogP contribution in [-0.4, -0.2) is 21.6 Å². The van der Waals surface area contributed by atoms with Crippen LogP contribution in [-0.2, 0) is 6.42 Å². The highest BCUT2D eigenvalue weighted by Gasteiger charge is 1.99. The third-order valence-electron chi connectivity index (χ3n) is 2.17. The molecule has 0 fully saturated rings. The van der Waals surface area contributed by atoms with E-state index in [9.17, 15) is 4.79 Å². The highest BCUT2D eigenvalue weighted by atomic mass is 16.5. The Balaban J connectivity index is 1.92. The molecule has 0 aliphatic carbocycles. The Morgan fingerprint density at radius 2 is 2.29 bits per heavy atom. The van der Waals surface area contributed by atoms with E-state index in [2.05, 4.69) is 15.0 Å². The number of H-pyrrole nitrogens is 1. The molecule has 17 heavy (non-hydrogen) atoms. The molecule has 0 unspecified atom stereocenters. The summed E-state index contributed by atoms with van der Waals surface area (Å²) in [5, 5.41) is 0. The smallest absolute Gasteiger partial charge is 0.254 e. The van der Waals surface area contributed by atoms with Gasteiger partial charge in [0.15, 0.2) is 0 Å². The first kappa shape index (κ1) is 11.3. The van der Waals surface area contributed by atoms with Gasteiger partial charge in [-0.1, -0.05) is 6.07 Å². The van der Waals surface area contributed by atoms with E-state index < -0.39 is 0 Å². The summed E-state index contributed by atoms with van der Waals surface area (Å²) in [6.07, 6.45) is 2.43. The van der Waals surface area contributed by atoms with E-state index >= 15 is 0 Å². The number of aromatic nitrogens is 3. The van der Waals surface area contributed by atoms with Gasteiger partial charge in [0, 0.05) is 18.3 Å². The number of nitrogens with zero attached hydrogens (tertiary/aromatic N) is 2. The maximum atomic E-state index is 11.2. The number of hydrogen-bond acceptors (Lipinski definition) is 4. The second-order valence-corrected chi connectivity index (χ2v) is 3.59. The molecular formula is C12H13N3O2. The van der Waals surface area contributed by atoms with Crippen molar-refractivity contribution in [1.82, 2.24) is 15.0 Å². The Labute approximate surface area is 98.5 Å². The Kier molecular flexibility index (Phi) is 3.49. The van der Waals surface area contributed by atoms with Crippen molar-refractivity contribution >= 4 is 0 Å². The van der Waals surface area contributed by atoms with E-state index in [1.54, 1.807) is 13.1 Å². The van der Waals surface area contributed by atoms with Gasteiger partial charge >= 0.3 is 0 Å². The van der Waals surface area contributed by atoms with Crippen LogP contribution in [0.25, 0.3) is 0 Å². The zero-order valence-electron chi connectivity index (χ0n) is 9.51. The molecule has 5 nitrogen and oxygen atoms in total. The van der Waals surface area contributed by atoms with Crippen LogP contribution in [0, 0.1) is 6.92 Å². The molecule has 0 aliphatic heterocycles. The first-order chi connectivity index (χ1) is 8.24. The van der Waals surface area contributed by atoms with Crippen LogP contribution in [0.4, 0.5) is 0 Å². The Morgan fingerprint density at radius 1 is 1.41 bits per heavy atom. The molecule has 0 saturated heterocycles. The summed E-state index contributed by atoms with van der Waals surface area (Å²) in [6.45, 7) is 2.17. The Morgan fingerprint density at radius 3 is 3.00 bits per heavy atom. The van der Waals surface area contributed by atoms with Crippen molar-refractivity contribution in [2.75, 3.05) is 6.61 Å². The number of rotatable bonds is 4. The van der Waals surface area contributed by atoms with Crippen molar-refractivity contribution < 1.29 is 4.74 Å². The van der Waals surface area contributed by atoms with E-state index in [0.29, 0.717) is 24.7 Å². The predicted octanol–water partition coefficient (Wildman–Crippen LogP) is 1.09. The molecule has 5 heteroatoms. The predicted molar refractivity (Wildman–Crippen MR) is 63.0 cm³/mol. The SMILES string of the molecule is Cc1nc(OCCc2ccccn2)cc(=O)[nH]1.